The third-order valence-electron chi connectivity index (χ3n) is 4.43. The van der Waals surface area contributed by atoms with Crippen LogP contribution < -0.4 is 5.32 Å². The van der Waals surface area contributed by atoms with Gasteiger partial charge in [-0.1, -0.05) is 18.6 Å². The van der Waals surface area contributed by atoms with Crippen molar-refractivity contribution in [1.82, 2.24) is 5.32 Å². The molecular weight excluding hydrogens is 194 g/mol. The lowest BCUT2D eigenvalue weighted by Gasteiger charge is -2.44. The molecule has 0 amide bonds. The Balaban J connectivity index is 1.93. The van der Waals surface area contributed by atoms with Gasteiger partial charge in [-0.05, 0) is 50.4 Å². The zero-order chi connectivity index (χ0) is 11.4. The average molecular weight is 219 g/mol. The summed E-state index contributed by atoms with van der Waals surface area (Å²) in [6.45, 7) is 7.75. The van der Waals surface area contributed by atoms with Crippen molar-refractivity contribution in [3.8, 4) is 0 Å². The Hall–Kier alpha value is -0.560. The van der Waals surface area contributed by atoms with E-state index in [4.69, 9.17) is 0 Å². The first-order valence-electron chi connectivity index (χ1n) is 6.83. The number of nitrogens with one attached hydrogen (secondary N) is 1. The molecule has 0 aromatic carbocycles. The summed E-state index contributed by atoms with van der Waals surface area (Å²) in [6.07, 6.45) is 13.5. The molecule has 1 heterocycles. The molecule has 2 aliphatic rings. The van der Waals surface area contributed by atoms with Crippen LogP contribution in [0.25, 0.3) is 0 Å². The summed E-state index contributed by atoms with van der Waals surface area (Å²) in [7, 11) is 0. The van der Waals surface area contributed by atoms with Crippen LogP contribution in [0.3, 0.4) is 0 Å². The van der Waals surface area contributed by atoms with Crippen molar-refractivity contribution in [3.63, 3.8) is 0 Å². The lowest BCUT2D eigenvalue weighted by molar-refractivity contribution is 0.117. The summed E-state index contributed by atoms with van der Waals surface area (Å²) in [5, 5.41) is 3.84. The van der Waals surface area contributed by atoms with Crippen LogP contribution >= 0.6 is 0 Å². The molecule has 1 heteroatoms. The molecule has 1 N–H and O–H groups in total. The minimum Gasteiger partial charge on any atom is -0.311 e. The van der Waals surface area contributed by atoms with E-state index < -0.39 is 0 Å². The molecule has 0 aromatic rings. The number of hydrogen-bond acceptors (Lipinski definition) is 1. The maximum absolute atomic E-state index is 3.90. The first-order valence-corrected chi connectivity index (χ1v) is 6.83. The van der Waals surface area contributed by atoms with E-state index in [1.807, 2.05) is 0 Å². The van der Waals surface area contributed by atoms with E-state index in [1.165, 1.54) is 38.5 Å². The number of allylic oxidation sites excluding steroid dienone is 1. The minimum atomic E-state index is 0.696. The first kappa shape index (κ1) is 11.9. The largest absolute Gasteiger partial charge is 0.311 e. The van der Waals surface area contributed by atoms with Crippen molar-refractivity contribution in [2.75, 3.05) is 0 Å². The van der Waals surface area contributed by atoms with E-state index in [9.17, 15) is 0 Å². The van der Waals surface area contributed by atoms with Crippen LogP contribution in [0.5, 0.6) is 0 Å². The molecular formula is C15H25N. The molecule has 90 valence electrons. The van der Waals surface area contributed by atoms with Crippen LogP contribution in [0.2, 0.25) is 0 Å². The smallest absolute Gasteiger partial charge is 0.0104 e. The molecule has 0 aromatic heterocycles. The molecule has 1 nitrogen and oxygen atoms in total. The summed E-state index contributed by atoms with van der Waals surface area (Å²) in [6, 6.07) is 1.47. The predicted octanol–water partition coefficient (Wildman–Crippen LogP) is 3.68. The monoisotopic (exact) mass is 219 g/mol. The average Bonchev–Trinajstić information content (AvgIpc) is 2.30. The Morgan fingerprint density at radius 2 is 1.81 bits per heavy atom. The molecule has 1 aliphatic carbocycles. The third-order valence-corrected chi connectivity index (χ3v) is 4.43. The van der Waals surface area contributed by atoms with Gasteiger partial charge in [0.25, 0.3) is 0 Å². The molecule has 2 rings (SSSR count). The quantitative estimate of drug-likeness (QED) is 0.711. The van der Waals surface area contributed by atoms with E-state index in [0.29, 0.717) is 6.04 Å². The van der Waals surface area contributed by atoms with Crippen molar-refractivity contribution >= 4 is 0 Å². The maximum atomic E-state index is 3.90. The van der Waals surface area contributed by atoms with E-state index in [2.05, 4.69) is 30.6 Å². The van der Waals surface area contributed by atoms with E-state index in [0.717, 1.165) is 24.3 Å². The topological polar surface area (TPSA) is 12.0 Å². The summed E-state index contributed by atoms with van der Waals surface area (Å²) < 4.78 is 0. The van der Waals surface area contributed by atoms with Gasteiger partial charge in [0, 0.05) is 12.1 Å². The Morgan fingerprint density at radius 1 is 1.00 bits per heavy atom. The van der Waals surface area contributed by atoms with Crippen molar-refractivity contribution in [2.45, 2.75) is 57.0 Å². The van der Waals surface area contributed by atoms with E-state index >= 15 is 0 Å². The fraction of sp³-hybridized carbons (Fsp3) is 0.733. The molecule has 0 unspecified atom stereocenters. The lowest BCUT2D eigenvalue weighted by atomic mass is 9.69. The second-order valence-electron chi connectivity index (χ2n) is 5.45. The minimum absolute atomic E-state index is 0.696. The third kappa shape index (κ3) is 2.57. The van der Waals surface area contributed by atoms with Crippen molar-refractivity contribution in [1.29, 1.82) is 0 Å². The van der Waals surface area contributed by atoms with Crippen molar-refractivity contribution in [3.05, 3.63) is 25.3 Å². The molecule has 2 fully saturated rings. The Labute approximate surface area is 100 Å². The van der Waals surface area contributed by atoms with Gasteiger partial charge in [-0.3, -0.25) is 0 Å². The number of piperidine rings is 1. The number of rotatable bonds is 4. The molecule has 0 radical (unpaired) electrons. The van der Waals surface area contributed by atoms with Gasteiger partial charge in [-0.25, -0.2) is 0 Å². The number of fused-ring (bicyclic) bond motifs is 1. The summed E-state index contributed by atoms with van der Waals surface area (Å²) in [5.74, 6) is 1.81. The van der Waals surface area contributed by atoms with Crippen molar-refractivity contribution in [2.24, 2.45) is 11.8 Å². The van der Waals surface area contributed by atoms with Crippen LogP contribution in [0, 0.1) is 11.8 Å². The second-order valence-corrected chi connectivity index (χ2v) is 5.45. The van der Waals surface area contributed by atoms with Gasteiger partial charge in [0.15, 0.2) is 0 Å². The molecule has 1 aliphatic heterocycles. The maximum Gasteiger partial charge on any atom is 0.0104 e. The second kappa shape index (κ2) is 5.67. The Kier molecular flexibility index (Phi) is 4.22. The van der Waals surface area contributed by atoms with Gasteiger partial charge < -0.3 is 5.32 Å². The molecule has 16 heavy (non-hydrogen) atoms. The molecule has 0 bridgehead atoms. The van der Waals surface area contributed by atoms with Gasteiger partial charge in [0.05, 0.1) is 0 Å². The van der Waals surface area contributed by atoms with Crippen LogP contribution in [-0.4, -0.2) is 12.1 Å². The SMILES string of the molecule is C=CC[C@@H]1CC[C@H]2[C@H](CC=C)CCC[C@H]2N1. The van der Waals surface area contributed by atoms with Crippen molar-refractivity contribution < 1.29 is 0 Å². The summed E-state index contributed by atoms with van der Waals surface area (Å²) in [5.41, 5.74) is 0. The normalized spacial score (nSPS) is 38.8. The van der Waals surface area contributed by atoms with E-state index in [-0.39, 0.29) is 0 Å². The van der Waals surface area contributed by atoms with Crippen LogP contribution in [0.1, 0.15) is 44.9 Å². The predicted molar refractivity (Wildman–Crippen MR) is 70.4 cm³/mol. The molecule has 1 saturated carbocycles. The van der Waals surface area contributed by atoms with Crippen LogP contribution in [0.15, 0.2) is 25.3 Å². The van der Waals surface area contributed by atoms with E-state index in [1.54, 1.807) is 0 Å². The Bertz CT molecular complexity index is 246. The first-order chi connectivity index (χ1) is 7.85. The van der Waals surface area contributed by atoms with Gasteiger partial charge in [-0.2, -0.15) is 0 Å². The highest BCUT2D eigenvalue weighted by molar-refractivity contribution is 4.96. The highest BCUT2D eigenvalue weighted by Gasteiger charge is 2.36. The summed E-state index contributed by atoms with van der Waals surface area (Å²) in [4.78, 5) is 0. The van der Waals surface area contributed by atoms with Gasteiger partial charge >= 0.3 is 0 Å². The molecule has 1 saturated heterocycles. The van der Waals surface area contributed by atoms with Crippen LogP contribution in [-0.2, 0) is 0 Å². The molecule has 0 spiro atoms. The van der Waals surface area contributed by atoms with Gasteiger partial charge in [0.2, 0.25) is 0 Å². The summed E-state index contributed by atoms with van der Waals surface area (Å²) >= 11 is 0. The van der Waals surface area contributed by atoms with Gasteiger partial charge in [0.1, 0.15) is 0 Å². The standard InChI is InChI=1S/C15H25N/c1-3-6-12-8-5-9-15-14(12)11-10-13(16-15)7-4-2/h3-4,12-16H,1-2,5-11H2/t12-,13-,14+,15-/m1/s1. The Morgan fingerprint density at radius 3 is 2.56 bits per heavy atom. The van der Waals surface area contributed by atoms with Gasteiger partial charge in [-0.15, -0.1) is 13.2 Å². The lowest BCUT2D eigenvalue weighted by Crippen LogP contribution is -2.51. The highest BCUT2D eigenvalue weighted by atomic mass is 15.0. The fourth-order valence-electron chi connectivity index (χ4n) is 3.67. The van der Waals surface area contributed by atoms with Crippen LogP contribution in [0.4, 0.5) is 0 Å². The zero-order valence-electron chi connectivity index (χ0n) is 10.3. The fourth-order valence-corrected chi connectivity index (χ4v) is 3.67. The number of hydrogen-bond donors (Lipinski definition) is 1. The molecule has 4 atom stereocenters. The highest BCUT2D eigenvalue weighted by Crippen LogP contribution is 2.39. The zero-order valence-corrected chi connectivity index (χ0v) is 10.3.